The van der Waals surface area contributed by atoms with E-state index in [1.165, 1.54) is 6.07 Å². The average Bonchev–Trinajstić information content (AvgIpc) is 2.42. The number of ether oxygens (including phenoxy) is 1. The van der Waals surface area contributed by atoms with Crippen molar-refractivity contribution >= 4 is 5.69 Å². The molecule has 2 aromatic rings. The van der Waals surface area contributed by atoms with Gasteiger partial charge in [0.2, 0.25) is 0 Å². The summed E-state index contributed by atoms with van der Waals surface area (Å²) in [5.41, 5.74) is 2.17. The van der Waals surface area contributed by atoms with Crippen molar-refractivity contribution in [3.05, 3.63) is 59.2 Å². The SMILES string of the molecule is CCOc1ccc(NCc2cc(F)ccc2F)c(C)c1. The summed E-state index contributed by atoms with van der Waals surface area (Å²) in [5.74, 6) is -0.0541. The molecule has 20 heavy (non-hydrogen) atoms. The molecule has 2 aromatic carbocycles. The first-order valence-corrected chi connectivity index (χ1v) is 6.51. The molecule has 0 bridgehead atoms. The van der Waals surface area contributed by atoms with Gasteiger partial charge in [-0.05, 0) is 55.8 Å². The lowest BCUT2D eigenvalue weighted by molar-refractivity contribution is 0.340. The largest absolute Gasteiger partial charge is 0.494 e. The van der Waals surface area contributed by atoms with Crippen molar-refractivity contribution in [2.45, 2.75) is 20.4 Å². The van der Waals surface area contributed by atoms with E-state index in [1.54, 1.807) is 0 Å². The van der Waals surface area contributed by atoms with Crippen molar-refractivity contribution < 1.29 is 13.5 Å². The Morgan fingerprint density at radius 1 is 1.10 bits per heavy atom. The van der Waals surface area contributed by atoms with Crippen LogP contribution in [0.5, 0.6) is 5.75 Å². The highest BCUT2D eigenvalue weighted by atomic mass is 19.1. The molecule has 0 radical (unpaired) electrons. The Balaban J connectivity index is 2.09. The zero-order valence-electron chi connectivity index (χ0n) is 11.5. The molecule has 0 amide bonds. The molecule has 0 unspecified atom stereocenters. The van der Waals surface area contributed by atoms with Gasteiger partial charge in [0.05, 0.1) is 6.61 Å². The van der Waals surface area contributed by atoms with Gasteiger partial charge in [-0.1, -0.05) is 0 Å². The topological polar surface area (TPSA) is 21.3 Å². The Morgan fingerprint density at radius 2 is 1.90 bits per heavy atom. The lowest BCUT2D eigenvalue weighted by Crippen LogP contribution is -2.04. The Bertz CT molecular complexity index is 599. The summed E-state index contributed by atoms with van der Waals surface area (Å²) in [4.78, 5) is 0. The van der Waals surface area contributed by atoms with Crippen molar-refractivity contribution in [2.75, 3.05) is 11.9 Å². The summed E-state index contributed by atoms with van der Waals surface area (Å²) in [5, 5.41) is 3.10. The van der Waals surface area contributed by atoms with Gasteiger partial charge in [-0.2, -0.15) is 0 Å². The molecule has 0 saturated carbocycles. The number of aryl methyl sites for hydroxylation is 1. The smallest absolute Gasteiger partial charge is 0.128 e. The van der Waals surface area contributed by atoms with Crippen LogP contribution in [0.15, 0.2) is 36.4 Å². The van der Waals surface area contributed by atoms with Crippen LogP contribution in [-0.4, -0.2) is 6.61 Å². The fraction of sp³-hybridized carbons (Fsp3) is 0.250. The van der Waals surface area contributed by atoms with Gasteiger partial charge in [0, 0.05) is 17.8 Å². The normalized spacial score (nSPS) is 10.4. The highest BCUT2D eigenvalue weighted by Crippen LogP contribution is 2.22. The first kappa shape index (κ1) is 14.3. The summed E-state index contributed by atoms with van der Waals surface area (Å²) < 4.78 is 32.0. The number of benzene rings is 2. The van der Waals surface area contributed by atoms with Gasteiger partial charge in [-0.25, -0.2) is 8.78 Å². The van der Waals surface area contributed by atoms with Gasteiger partial charge >= 0.3 is 0 Å². The predicted octanol–water partition coefficient (Wildman–Crippen LogP) is 4.28. The standard InChI is InChI=1S/C16H17F2NO/c1-3-20-14-5-7-16(11(2)8-14)19-10-12-9-13(17)4-6-15(12)18/h4-9,19H,3,10H2,1-2H3. The first-order chi connectivity index (χ1) is 9.60. The molecule has 0 heterocycles. The maximum atomic E-state index is 13.5. The average molecular weight is 277 g/mol. The van der Waals surface area contributed by atoms with Gasteiger partial charge in [0.1, 0.15) is 17.4 Å². The van der Waals surface area contributed by atoms with Crippen LogP contribution in [0.3, 0.4) is 0 Å². The molecule has 0 aliphatic rings. The molecule has 0 atom stereocenters. The molecular formula is C16H17F2NO. The third kappa shape index (κ3) is 3.47. The first-order valence-electron chi connectivity index (χ1n) is 6.51. The van der Waals surface area contributed by atoms with Gasteiger partial charge < -0.3 is 10.1 Å². The van der Waals surface area contributed by atoms with Crippen LogP contribution in [-0.2, 0) is 6.54 Å². The fourth-order valence-electron chi connectivity index (χ4n) is 1.96. The molecule has 0 aliphatic heterocycles. The van der Waals surface area contributed by atoms with E-state index in [-0.39, 0.29) is 6.54 Å². The summed E-state index contributed by atoms with van der Waals surface area (Å²) in [7, 11) is 0. The van der Waals surface area contributed by atoms with Crippen molar-refractivity contribution in [1.29, 1.82) is 0 Å². The van der Waals surface area contributed by atoms with Crippen molar-refractivity contribution in [1.82, 2.24) is 0 Å². The minimum absolute atomic E-state index is 0.235. The minimum Gasteiger partial charge on any atom is -0.494 e. The van der Waals surface area contributed by atoms with Crippen LogP contribution in [0, 0.1) is 18.6 Å². The number of halogens is 2. The van der Waals surface area contributed by atoms with Crippen LogP contribution in [0.1, 0.15) is 18.1 Å². The summed E-state index contributed by atoms with van der Waals surface area (Å²) in [6.45, 7) is 4.71. The van der Waals surface area contributed by atoms with E-state index in [2.05, 4.69) is 5.32 Å². The van der Waals surface area contributed by atoms with Crippen LogP contribution in [0.4, 0.5) is 14.5 Å². The highest BCUT2D eigenvalue weighted by molar-refractivity contribution is 5.53. The Hall–Kier alpha value is -2.10. The predicted molar refractivity (Wildman–Crippen MR) is 76.0 cm³/mol. The Labute approximate surface area is 117 Å². The molecule has 2 nitrogen and oxygen atoms in total. The van der Waals surface area contributed by atoms with E-state index in [1.807, 2.05) is 32.0 Å². The van der Waals surface area contributed by atoms with Crippen LogP contribution in [0.2, 0.25) is 0 Å². The van der Waals surface area contributed by atoms with Crippen molar-refractivity contribution in [2.24, 2.45) is 0 Å². The molecule has 0 saturated heterocycles. The van der Waals surface area contributed by atoms with Gasteiger partial charge in [-0.15, -0.1) is 0 Å². The van der Waals surface area contributed by atoms with Gasteiger partial charge in [-0.3, -0.25) is 0 Å². The molecule has 2 rings (SSSR count). The molecule has 106 valence electrons. The van der Waals surface area contributed by atoms with Gasteiger partial charge in [0.25, 0.3) is 0 Å². The van der Waals surface area contributed by atoms with E-state index in [9.17, 15) is 8.78 Å². The number of hydrogen-bond acceptors (Lipinski definition) is 2. The number of nitrogens with one attached hydrogen (secondary N) is 1. The van der Waals surface area contributed by atoms with E-state index in [0.29, 0.717) is 12.2 Å². The number of anilines is 1. The molecular weight excluding hydrogens is 260 g/mol. The van der Waals surface area contributed by atoms with E-state index < -0.39 is 11.6 Å². The van der Waals surface area contributed by atoms with Crippen LogP contribution < -0.4 is 10.1 Å². The highest BCUT2D eigenvalue weighted by Gasteiger charge is 2.05. The third-order valence-electron chi connectivity index (χ3n) is 2.99. The minimum atomic E-state index is -0.438. The summed E-state index contributed by atoms with van der Waals surface area (Å²) in [6, 6.07) is 9.08. The maximum absolute atomic E-state index is 13.5. The van der Waals surface area contributed by atoms with Crippen molar-refractivity contribution in [3.8, 4) is 5.75 Å². The lowest BCUT2D eigenvalue weighted by Gasteiger charge is -2.12. The second-order valence-corrected chi connectivity index (χ2v) is 4.50. The second-order valence-electron chi connectivity index (χ2n) is 4.50. The summed E-state index contributed by atoms with van der Waals surface area (Å²) >= 11 is 0. The zero-order chi connectivity index (χ0) is 14.5. The molecule has 0 aromatic heterocycles. The molecule has 1 N–H and O–H groups in total. The van der Waals surface area contributed by atoms with E-state index in [4.69, 9.17) is 4.74 Å². The van der Waals surface area contributed by atoms with Crippen molar-refractivity contribution in [3.63, 3.8) is 0 Å². The van der Waals surface area contributed by atoms with Crippen LogP contribution in [0.25, 0.3) is 0 Å². The number of hydrogen-bond donors (Lipinski definition) is 1. The van der Waals surface area contributed by atoms with E-state index in [0.717, 1.165) is 29.1 Å². The third-order valence-corrected chi connectivity index (χ3v) is 2.99. The monoisotopic (exact) mass is 277 g/mol. The lowest BCUT2D eigenvalue weighted by atomic mass is 10.1. The molecule has 4 heteroatoms. The second kappa shape index (κ2) is 6.37. The van der Waals surface area contributed by atoms with Gasteiger partial charge in [0.15, 0.2) is 0 Å². The maximum Gasteiger partial charge on any atom is 0.128 e. The molecule has 0 spiro atoms. The quantitative estimate of drug-likeness (QED) is 0.880. The van der Waals surface area contributed by atoms with Crippen LogP contribution >= 0.6 is 0 Å². The Morgan fingerprint density at radius 3 is 2.60 bits per heavy atom. The summed E-state index contributed by atoms with van der Waals surface area (Å²) in [6.07, 6.45) is 0. The molecule has 0 fully saturated rings. The van der Waals surface area contributed by atoms with E-state index >= 15 is 0 Å². The molecule has 0 aliphatic carbocycles. The fourth-order valence-corrected chi connectivity index (χ4v) is 1.96. The zero-order valence-corrected chi connectivity index (χ0v) is 11.5. The Kier molecular flexibility index (Phi) is 4.56. The number of rotatable bonds is 5.